The predicted molar refractivity (Wildman–Crippen MR) is 66.5 cm³/mol. The summed E-state index contributed by atoms with van der Waals surface area (Å²) in [7, 11) is 3.17. The van der Waals surface area contributed by atoms with Gasteiger partial charge < -0.3 is 20.1 Å². The summed E-state index contributed by atoms with van der Waals surface area (Å²) >= 11 is 3.47. The molecule has 6 heteroatoms. The average Bonchev–Trinajstić information content (AvgIpc) is 2.75. The lowest BCUT2D eigenvalue weighted by atomic mass is 10.1. The predicted octanol–water partition coefficient (Wildman–Crippen LogP) is 1.82. The lowest BCUT2D eigenvalue weighted by Crippen LogP contribution is -2.21. The minimum absolute atomic E-state index is 0.0586. The van der Waals surface area contributed by atoms with E-state index in [2.05, 4.69) is 26.6 Å². The molecule has 1 atom stereocenters. The van der Waals surface area contributed by atoms with E-state index < -0.39 is 0 Å². The Kier molecular flexibility index (Phi) is 3.42. The van der Waals surface area contributed by atoms with E-state index in [1.54, 1.807) is 14.2 Å². The number of nitrogens with one attached hydrogen (secondary N) is 2. The lowest BCUT2D eigenvalue weighted by molar-refractivity contribution is 0.247. The number of ether oxygens (including phenoxy) is 2. The fourth-order valence-corrected chi connectivity index (χ4v) is 2.38. The normalized spacial score (nSPS) is 18.5. The minimum Gasteiger partial charge on any atom is -0.493 e. The summed E-state index contributed by atoms with van der Waals surface area (Å²) in [6, 6.07) is 3.48. The molecule has 0 saturated carbocycles. The lowest BCUT2D eigenvalue weighted by Gasteiger charge is -2.15. The van der Waals surface area contributed by atoms with Crippen LogP contribution in [0.4, 0.5) is 4.79 Å². The Labute approximate surface area is 108 Å². The maximum Gasteiger partial charge on any atom is 0.315 e. The van der Waals surface area contributed by atoms with Crippen LogP contribution in [0.3, 0.4) is 0 Å². The van der Waals surface area contributed by atoms with Gasteiger partial charge in [0.2, 0.25) is 0 Å². The quantitative estimate of drug-likeness (QED) is 0.895. The van der Waals surface area contributed by atoms with Crippen molar-refractivity contribution in [3.8, 4) is 11.5 Å². The summed E-state index contributed by atoms with van der Waals surface area (Å²) in [6.45, 7) is 0.562. The van der Waals surface area contributed by atoms with Gasteiger partial charge in [-0.25, -0.2) is 4.79 Å². The fourth-order valence-electron chi connectivity index (χ4n) is 1.78. The van der Waals surface area contributed by atoms with E-state index >= 15 is 0 Å². The van der Waals surface area contributed by atoms with Gasteiger partial charge in [-0.1, -0.05) is 15.9 Å². The van der Waals surface area contributed by atoms with Crippen LogP contribution in [0.2, 0.25) is 0 Å². The summed E-state index contributed by atoms with van der Waals surface area (Å²) in [5.74, 6) is 1.30. The summed E-state index contributed by atoms with van der Waals surface area (Å²) in [4.78, 5) is 11.1. The van der Waals surface area contributed by atoms with Crippen molar-refractivity contribution in [1.82, 2.24) is 10.6 Å². The molecular weight excluding hydrogens is 288 g/mol. The molecule has 92 valence electrons. The Morgan fingerprint density at radius 2 is 1.94 bits per heavy atom. The second-order valence-corrected chi connectivity index (χ2v) is 4.49. The maximum absolute atomic E-state index is 11.1. The molecule has 2 rings (SSSR count). The van der Waals surface area contributed by atoms with Crippen molar-refractivity contribution in [2.24, 2.45) is 0 Å². The molecule has 17 heavy (non-hydrogen) atoms. The van der Waals surface area contributed by atoms with Crippen LogP contribution < -0.4 is 20.1 Å². The Hall–Kier alpha value is -1.43. The molecule has 2 amide bonds. The number of halogens is 1. The Morgan fingerprint density at radius 3 is 2.47 bits per heavy atom. The van der Waals surface area contributed by atoms with Crippen LogP contribution in [0.25, 0.3) is 0 Å². The van der Waals surface area contributed by atoms with Crippen molar-refractivity contribution >= 4 is 22.0 Å². The molecule has 0 aliphatic carbocycles. The van der Waals surface area contributed by atoms with E-state index in [0.717, 1.165) is 10.0 Å². The Balaban J connectivity index is 2.37. The van der Waals surface area contributed by atoms with Gasteiger partial charge in [-0.05, 0) is 17.7 Å². The smallest absolute Gasteiger partial charge is 0.315 e. The molecule has 1 aliphatic rings. The standard InChI is InChI=1S/C11H13BrN2O3/c1-16-9-3-6(7(12)4-10(9)17-2)8-5-13-11(15)14-8/h3-4,8H,5H2,1-2H3,(H2,13,14,15)/t8-/m1/s1. The van der Waals surface area contributed by atoms with Gasteiger partial charge >= 0.3 is 6.03 Å². The van der Waals surface area contributed by atoms with Crippen LogP contribution in [0, 0.1) is 0 Å². The number of carbonyl (C=O) groups excluding carboxylic acids is 1. The van der Waals surface area contributed by atoms with Gasteiger partial charge in [0.05, 0.1) is 20.3 Å². The summed E-state index contributed by atoms with van der Waals surface area (Å²) in [6.07, 6.45) is 0. The van der Waals surface area contributed by atoms with Gasteiger partial charge in [-0.3, -0.25) is 0 Å². The highest BCUT2D eigenvalue weighted by Crippen LogP contribution is 2.36. The number of methoxy groups -OCH3 is 2. The molecule has 2 N–H and O–H groups in total. The van der Waals surface area contributed by atoms with Gasteiger partial charge in [0.25, 0.3) is 0 Å². The molecule has 0 radical (unpaired) electrons. The van der Waals surface area contributed by atoms with Gasteiger partial charge in [-0.15, -0.1) is 0 Å². The van der Waals surface area contributed by atoms with Crippen LogP contribution in [-0.4, -0.2) is 26.8 Å². The first kappa shape index (κ1) is 12.0. The highest BCUT2D eigenvalue weighted by molar-refractivity contribution is 9.10. The van der Waals surface area contributed by atoms with E-state index in [-0.39, 0.29) is 12.1 Å². The van der Waals surface area contributed by atoms with Crippen molar-refractivity contribution in [2.45, 2.75) is 6.04 Å². The fraction of sp³-hybridized carbons (Fsp3) is 0.364. The molecule has 0 aromatic heterocycles. The second-order valence-electron chi connectivity index (χ2n) is 3.64. The highest BCUT2D eigenvalue weighted by atomic mass is 79.9. The molecule has 0 unspecified atom stereocenters. The molecule has 1 fully saturated rings. The summed E-state index contributed by atoms with van der Waals surface area (Å²) < 4.78 is 11.3. The molecule has 1 aromatic rings. The molecule has 1 aromatic carbocycles. The third-order valence-electron chi connectivity index (χ3n) is 2.65. The van der Waals surface area contributed by atoms with Crippen LogP contribution >= 0.6 is 15.9 Å². The van der Waals surface area contributed by atoms with Crippen LogP contribution in [0.1, 0.15) is 11.6 Å². The molecule has 0 spiro atoms. The number of amides is 2. The van der Waals surface area contributed by atoms with Gasteiger partial charge in [0.1, 0.15) is 0 Å². The van der Waals surface area contributed by atoms with Crippen molar-refractivity contribution in [1.29, 1.82) is 0 Å². The average molecular weight is 301 g/mol. The first-order valence-electron chi connectivity index (χ1n) is 5.11. The number of hydrogen-bond donors (Lipinski definition) is 2. The molecule has 5 nitrogen and oxygen atoms in total. The summed E-state index contributed by atoms with van der Waals surface area (Å²) in [5.41, 5.74) is 0.959. The zero-order valence-corrected chi connectivity index (χ0v) is 11.1. The third-order valence-corrected chi connectivity index (χ3v) is 3.34. The second kappa shape index (κ2) is 4.83. The number of benzene rings is 1. The monoisotopic (exact) mass is 300 g/mol. The summed E-state index contributed by atoms with van der Waals surface area (Å²) in [5, 5.41) is 5.54. The molecule has 0 bridgehead atoms. The van der Waals surface area contributed by atoms with E-state index in [4.69, 9.17) is 9.47 Å². The molecule has 1 heterocycles. The SMILES string of the molecule is COc1cc(Br)c([C@H]2CNC(=O)N2)cc1OC. The number of carbonyl (C=O) groups is 1. The maximum atomic E-state index is 11.1. The largest absolute Gasteiger partial charge is 0.493 e. The van der Waals surface area contributed by atoms with E-state index in [1.165, 1.54) is 0 Å². The molecule has 1 aliphatic heterocycles. The van der Waals surface area contributed by atoms with Gasteiger partial charge in [-0.2, -0.15) is 0 Å². The van der Waals surface area contributed by atoms with Crippen molar-refractivity contribution in [2.75, 3.05) is 20.8 Å². The van der Waals surface area contributed by atoms with Gasteiger partial charge in [0, 0.05) is 11.0 Å². The molecular formula is C11H13BrN2O3. The molecule has 1 saturated heterocycles. The zero-order chi connectivity index (χ0) is 12.4. The van der Waals surface area contributed by atoms with Crippen LogP contribution in [-0.2, 0) is 0 Å². The Morgan fingerprint density at radius 1 is 1.29 bits per heavy atom. The Bertz CT molecular complexity index is 451. The number of hydrogen-bond acceptors (Lipinski definition) is 3. The first-order chi connectivity index (χ1) is 8.15. The topological polar surface area (TPSA) is 59.6 Å². The first-order valence-corrected chi connectivity index (χ1v) is 5.90. The van der Waals surface area contributed by atoms with E-state index in [1.807, 2.05) is 12.1 Å². The van der Waals surface area contributed by atoms with Crippen molar-refractivity contribution < 1.29 is 14.3 Å². The van der Waals surface area contributed by atoms with Gasteiger partial charge in [0.15, 0.2) is 11.5 Å². The highest BCUT2D eigenvalue weighted by Gasteiger charge is 2.24. The number of rotatable bonds is 3. The van der Waals surface area contributed by atoms with Crippen LogP contribution in [0.5, 0.6) is 11.5 Å². The van der Waals surface area contributed by atoms with Crippen molar-refractivity contribution in [3.63, 3.8) is 0 Å². The number of urea groups is 1. The minimum atomic E-state index is -0.156. The van der Waals surface area contributed by atoms with E-state index in [9.17, 15) is 4.79 Å². The van der Waals surface area contributed by atoms with Crippen LogP contribution in [0.15, 0.2) is 16.6 Å². The third kappa shape index (κ3) is 2.31. The zero-order valence-electron chi connectivity index (χ0n) is 9.54. The van der Waals surface area contributed by atoms with E-state index in [0.29, 0.717) is 18.0 Å². The van der Waals surface area contributed by atoms with Crippen molar-refractivity contribution in [3.05, 3.63) is 22.2 Å².